The van der Waals surface area contributed by atoms with Crippen molar-refractivity contribution in [2.24, 2.45) is 5.92 Å². The molecule has 1 fully saturated rings. The number of allylic oxidation sites excluding steroid dienone is 1. The second-order valence-corrected chi connectivity index (χ2v) is 8.55. The fourth-order valence-electron chi connectivity index (χ4n) is 4.48. The van der Waals surface area contributed by atoms with Crippen LogP contribution >= 0.6 is 0 Å². The SMILES string of the molecule is Cc1ccccc1-c1noc(CN2CCCC(C(=O)NCCC3=CCCCC3)C2)n1. The van der Waals surface area contributed by atoms with E-state index in [1.54, 1.807) is 0 Å². The molecule has 2 heterocycles. The number of hydrogen-bond donors (Lipinski definition) is 1. The predicted molar refractivity (Wildman–Crippen MR) is 117 cm³/mol. The van der Waals surface area contributed by atoms with E-state index in [0.717, 1.165) is 50.0 Å². The Balaban J connectivity index is 1.27. The number of aryl methyl sites for hydroxylation is 1. The summed E-state index contributed by atoms with van der Waals surface area (Å²) in [4.78, 5) is 19.5. The van der Waals surface area contributed by atoms with Crippen LogP contribution in [-0.4, -0.2) is 40.6 Å². The summed E-state index contributed by atoms with van der Waals surface area (Å²) in [6.07, 6.45) is 10.3. The number of nitrogens with zero attached hydrogens (tertiary/aromatic N) is 3. The summed E-state index contributed by atoms with van der Waals surface area (Å²) in [6, 6.07) is 8.04. The van der Waals surface area contributed by atoms with Crippen molar-refractivity contribution in [3.8, 4) is 11.4 Å². The Bertz CT molecular complexity index is 889. The van der Waals surface area contributed by atoms with E-state index in [0.29, 0.717) is 18.3 Å². The highest BCUT2D eigenvalue weighted by atomic mass is 16.5. The zero-order chi connectivity index (χ0) is 20.8. The summed E-state index contributed by atoms with van der Waals surface area (Å²) in [6.45, 7) is 5.10. The highest BCUT2D eigenvalue weighted by molar-refractivity contribution is 5.79. The van der Waals surface area contributed by atoms with Gasteiger partial charge >= 0.3 is 0 Å². The Morgan fingerprint density at radius 3 is 3.00 bits per heavy atom. The van der Waals surface area contributed by atoms with Gasteiger partial charge in [-0.25, -0.2) is 0 Å². The molecule has 6 nitrogen and oxygen atoms in total. The maximum absolute atomic E-state index is 12.7. The number of rotatable bonds is 7. The van der Waals surface area contributed by atoms with Crippen molar-refractivity contribution < 1.29 is 9.32 Å². The lowest BCUT2D eigenvalue weighted by molar-refractivity contribution is -0.126. The van der Waals surface area contributed by atoms with Crippen LogP contribution < -0.4 is 5.32 Å². The number of aromatic nitrogens is 2. The Morgan fingerprint density at radius 2 is 2.17 bits per heavy atom. The fourth-order valence-corrected chi connectivity index (χ4v) is 4.48. The van der Waals surface area contributed by atoms with Gasteiger partial charge in [0, 0.05) is 18.7 Å². The maximum Gasteiger partial charge on any atom is 0.241 e. The van der Waals surface area contributed by atoms with Crippen molar-refractivity contribution >= 4 is 5.91 Å². The smallest absolute Gasteiger partial charge is 0.241 e. The minimum Gasteiger partial charge on any atom is -0.356 e. The number of hydrogen-bond acceptors (Lipinski definition) is 5. The summed E-state index contributed by atoms with van der Waals surface area (Å²) in [5, 5.41) is 7.31. The van der Waals surface area contributed by atoms with Gasteiger partial charge in [0.25, 0.3) is 0 Å². The third-order valence-electron chi connectivity index (χ3n) is 6.22. The standard InChI is InChI=1S/C24H32N4O2/c1-18-8-5-6-12-21(18)23-26-22(30-27-23)17-28-15-7-11-20(16-28)24(29)25-14-13-19-9-3-2-4-10-19/h5-6,8-9,12,20H,2-4,7,10-11,13-17H2,1H3,(H,25,29). The summed E-state index contributed by atoms with van der Waals surface area (Å²) in [7, 11) is 0. The van der Waals surface area contributed by atoms with E-state index in [9.17, 15) is 4.79 Å². The Labute approximate surface area is 178 Å². The number of nitrogens with one attached hydrogen (secondary N) is 1. The normalized spacial score (nSPS) is 20.0. The van der Waals surface area contributed by atoms with E-state index < -0.39 is 0 Å². The Morgan fingerprint density at radius 1 is 1.27 bits per heavy atom. The molecule has 0 bridgehead atoms. The van der Waals surface area contributed by atoms with Crippen LogP contribution in [0.2, 0.25) is 0 Å². The molecule has 1 aromatic carbocycles. The molecule has 2 aliphatic rings. The van der Waals surface area contributed by atoms with E-state index in [4.69, 9.17) is 4.52 Å². The quantitative estimate of drug-likeness (QED) is 0.693. The third-order valence-corrected chi connectivity index (χ3v) is 6.22. The number of carbonyl (C=O) groups is 1. The number of piperidine rings is 1. The molecule has 1 unspecified atom stereocenters. The molecular weight excluding hydrogens is 376 g/mol. The lowest BCUT2D eigenvalue weighted by Crippen LogP contribution is -2.43. The number of amides is 1. The monoisotopic (exact) mass is 408 g/mol. The Kier molecular flexibility index (Phi) is 6.95. The fraction of sp³-hybridized carbons (Fsp3) is 0.542. The van der Waals surface area contributed by atoms with Gasteiger partial charge in [0.2, 0.25) is 17.6 Å². The van der Waals surface area contributed by atoms with Crippen LogP contribution in [0.4, 0.5) is 0 Å². The first-order chi connectivity index (χ1) is 14.7. The maximum atomic E-state index is 12.7. The van der Waals surface area contributed by atoms with Gasteiger partial charge in [-0.3, -0.25) is 9.69 Å². The first-order valence-electron chi connectivity index (χ1n) is 11.3. The van der Waals surface area contributed by atoms with Gasteiger partial charge < -0.3 is 9.84 Å². The van der Waals surface area contributed by atoms with E-state index >= 15 is 0 Å². The predicted octanol–water partition coefficient (Wildman–Crippen LogP) is 4.26. The van der Waals surface area contributed by atoms with Gasteiger partial charge in [-0.1, -0.05) is 41.1 Å². The molecule has 6 heteroatoms. The molecule has 1 aliphatic heterocycles. The van der Waals surface area contributed by atoms with Crippen molar-refractivity contribution in [1.82, 2.24) is 20.4 Å². The van der Waals surface area contributed by atoms with Crippen molar-refractivity contribution in [2.45, 2.75) is 58.4 Å². The van der Waals surface area contributed by atoms with Crippen LogP contribution in [-0.2, 0) is 11.3 Å². The molecule has 0 saturated carbocycles. The summed E-state index contributed by atoms with van der Waals surface area (Å²) < 4.78 is 5.50. The van der Waals surface area contributed by atoms with E-state index in [1.807, 2.05) is 31.2 Å². The van der Waals surface area contributed by atoms with Crippen LogP contribution in [0.1, 0.15) is 56.4 Å². The van der Waals surface area contributed by atoms with E-state index in [1.165, 1.54) is 31.3 Å². The van der Waals surface area contributed by atoms with Gasteiger partial charge in [-0.05, 0) is 64.0 Å². The molecule has 1 aromatic heterocycles. The van der Waals surface area contributed by atoms with E-state index in [2.05, 4.69) is 26.4 Å². The minimum absolute atomic E-state index is 0.0397. The molecular formula is C24H32N4O2. The molecule has 0 radical (unpaired) electrons. The number of likely N-dealkylation sites (tertiary alicyclic amines) is 1. The minimum atomic E-state index is 0.0397. The molecule has 1 saturated heterocycles. The van der Waals surface area contributed by atoms with Gasteiger partial charge in [0.1, 0.15) is 0 Å². The van der Waals surface area contributed by atoms with Gasteiger partial charge in [0.15, 0.2) is 0 Å². The highest BCUT2D eigenvalue weighted by Crippen LogP contribution is 2.23. The average molecular weight is 409 g/mol. The zero-order valence-corrected chi connectivity index (χ0v) is 17.9. The molecule has 1 atom stereocenters. The molecule has 1 N–H and O–H groups in total. The molecule has 1 aliphatic carbocycles. The summed E-state index contributed by atoms with van der Waals surface area (Å²) >= 11 is 0. The first-order valence-corrected chi connectivity index (χ1v) is 11.3. The molecule has 4 rings (SSSR count). The summed E-state index contributed by atoms with van der Waals surface area (Å²) in [5.41, 5.74) is 3.63. The second kappa shape index (κ2) is 10.0. The van der Waals surface area contributed by atoms with Crippen LogP contribution in [0.15, 0.2) is 40.4 Å². The average Bonchev–Trinajstić information content (AvgIpc) is 3.23. The zero-order valence-electron chi connectivity index (χ0n) is 17.9. The summed E-state index contributed by atoms with van der Waals surface area (Å²) in [5.74, 6) is 1.46. The van der Waals surface area contributed by atoms with Gasteiger partial charge in [-0.15, -0.1) is 0 Å². The largest absolute Gasteiger partial charge is 0.356 e. The topological polar surface area (TPSA) is 71.3 Å². The van der Waals surface area contributed by atoms with Crippen molar-refractivity contribution in [3.63, 3.8) is 0 Å². The molecule has 2 aromatic rings. The second-order valence-electron chi connectivity index (χ2n) is 8.55. The van der Waals surface area contributed by atoms with E-state index in [-0.39, 0.29) is 11.8 Å². The molecule has 1 amide bonds. The number of carbonyl (C=O) groups excluding carboxylic acids is 1. The van der Waals surface area contributed by atoms with Crippen molar-refractivity contribution in [3.05, 3.63) is 47.4 Å². The third kappa shape index (κ3) is 5.36. The Hall–Kier alpha value is -2.47. The van der Waals surface area contributed by atoms with Crippen LogP contribution in [0.25, 0.3) is 11.4 Å². The number of benzene rings is 1. The van der Waals surface area contributed by atoms with Crippen LogP contribution in [0.5, 0.6) is 0 Å². The van der Waals surface area contributed by atoms with Crippen LogP contribution in [0, 0.1) is 12.8 Å². The van der Waals surface area contributed by atoms with Crippen molar-refractivity contribution in [2.75, 3.05) is 19.6 Å². The lowest BCUT2D eigenvalue weighted by Gasteiger charge is -2.30. The lowest BCUT2D eigenvalue weighted by atomic mass is 9.96. The highest BCUT2D eigenvalue weighted by Gasteiger charge is 2.27. The molecule has 160 valence electrons. The van der Waals surface area contributed by atoms with Crippen LogP contribution in [0.3, 0.4) is 0 Å². The van der Waals surface area contributed by atoms with Gasteiger partial charge in [0.05, 0.1) is 12.5 Å². The van der Waals surface area contributed by atoms with Gasteiger partial charge in [-0.2, -0.15) is 4.98 Å². The first kappa shape index (κ1) is 20.8. The molecule has 30 heavy (non-hydrogen) atoms. The molecule has 0 spiro atoms. The van der Waals surface area contributed by atoms with Crippen molar-refractivity contribution in [1.29, 1.82) is 0 Å².